The maximum atomic E-state index is 9.52. The third-order valence-electron chi connectivity index (χ3n) is 4.27. The molecule has 1 unspecified atom stereocenters. The number of nitrogens with zero attached hydrogens (tertiary/aromatic N) is 4. The second-order valence-electron chi connectivity index (χ2n) is 6.63. The van der Waals surface area contributed by atoms with Crippen molar-refractivity contribution >= 4 is 0 Å². The monoisotopic (exact) mass is 280 g/mol. The van der Waals surface area contributed by atoms with Gasteiger partial charge in [-0.3, -0.25) is 4.90 Å². The van der Waals surface area contributed by atoms with Crippen LogP contribution in [-0.2, 0) is 11.3 Å². The van der Waals surface area contributed by atoms with Gasteiger partial charge in [-0.05, 0) is 26.7 Å². The summed E-state index contributed by atoms with van der Waals surface area (Å²) < 4.78 is 7.70. The lowest BCUT2D eigenvalue weighted by Crippen LogP contribution is -2.35. The SMILES string of the molecule is CC1(C)CC(n2cc(CN3CCC(O)CC3)nn2)CO1. The molecule has 1 atom stereocenters. The predicted octanol–water partition coefficient (Wildman–Crippen LogP) is 0.975. The van der Waals surface area contributed by atoms with Gasteiger partial charge in [0, 0.05) is 26.1 Å². The second kappa shape index (κ2) is 5.42. The Balaban J connectivity index is 1.57. The summed E-state index contributed by atoms with van der Waals surface area (Å²) in [4.78, 5) is 2.33. The number of aliphatic hydroxyl groups excluding tert-OH is 1. The lowest BCUT2D eigenvalue weighted by molar-refractivity contribution is 0.0350. The molecule has 1 N–H and O–H groups in total. The van der Waals surface area contributed by atoms with Gasteiger partial charge in [-0.1, -0.05) is 5.21 Å². The molecule has 0 amide bonds. The zero-order chi connectivity index (χ0) is 14.2. The number of ether oxygens (including phenoxy) is 1. The quantitative estimate of drug-likeness (QED) is 0.894. The van der Waals surface area contributed by atoms with E-state index in [1.807, 2.05) is 10.9 Å². The minimum atomic E-state index is -0.125. The molecule has 1 aromatic heterocycles. The fourth-order valence-electron chi connectivity index (χ4n) is 3.05. The summed E-state index contributed by atoms with van der Waals surface area (Å²) >= 11 is 0. The second-order valence-corrected chi connectivity index (χ2v) is 6.63. The van der Waals surface area contributed by atoms with E-state index >= 15 is 0 Å². The Morgan fingerprint density at radius 3 is 2.80 bits per heavy atom. The van der Waals surface area contributed by atoms with E-state index in [9.17, 15) is 5.11 Å². The third kappa shape index (κ3) is 3.19. The first-order chi connectivity index (χ1) is 9.52. The molecule has 3 rings (SSSR count). The van der Waals surface area contributed by atoms with E-state index in [4.69, 9.17) is 4.74 Å². The average Bonchev–Trinajstić information content (AvgIpc) is 2.99. The summed E-state index contributed by atoms with van der Waals surface area (Å²) in [7, 11) is 0. The minimum Gasteiger partial charge on any atom is -0.393 e. The van der Waals surface area contributed by atoms with Crippen molar-refractivity contribution in [1.29, 1.82) is 0 Å². The number of aliphatic hydroxyl groups is 1. The summed E-state index contributed by atoms with van der Waals surface area (Å²) in [5.41, 5.74) is 0.950. The number of hydrogen-bond acceptors (Lipinski definition) is 5. The molecule has 6 heteroatoms. The van der Waals surface area contributed by atoms with Gasteiger partial charge in [-0.2, -0.15) is 0 Å². The molecular weight excluding hydrogens is 256 g/mol. The van der Waals surface area contributed by atoms with Crippen molar-refractivity contribution in [2.24, 2.45) is 0 Å². The van der Waals surface area contributed by atoms with Gasteiger partial charge >= 0.3 is 0 Å². The first-order valence-corrected chi connectivity index (χ1v) is 7.47. The normalized spacial score (nSPS) is 28.1. The number of hydrogen-bond donors (Lipinski definition) is 1. The van der Waals surface area contributed by atoms with Gasteiger partial charge in [0.15, 0.2) is 0 Å². The topological polar surface area (TPSA) is 63.4 Å². The predicted molar refractivity (Wildman–Crippen MR) is 74.2 cm³/mol. The van der Waals surface area contributed by atoms with E-state index in [1.54, 1.807) is 0 Å². The van der Waals surface area contributed by atoms with Gasteiger partial charge in [0.05, 0.1) is 36.2 Å². The van der Waals surface area contributed by atoms with Crippen LogP contribution < -0.4 is 0 Å². The van der Waals surface area contributed by atoms with E-state index < -0.39 is 0 Å². The Kier molecular flexibility index (Phi) is 3.79. The Labute approximate surface area is 119 Å². The van der Waals surface area contributed by atoms with E-state index in [-0.39, 0.29) is 11.7 Å². The zero-order valence-corrected chi connectivity index (χ0v) is 12.3. The van der Waals surface area contributed by atoms with E-state index in [1.165, 1.54) is 0 Å². The molecule has 0 spiro atoms. The van der Waals surface area contributed by atoms with E-state index in [2.05, 4.69) is 29.1 Å². The standard InChI is InChI=1S/C14H24N4O2/c1-14(2)7-12(10-20-14)18-9-11(15-16-18)8-17-5-3-13(19)4-6-17/h9,12-13,19H,3-8,10H2,1-2H3. The lowest BCUT2D eigenvalue weighted by Gasteiger charge is -2.28. The summed E-state index contributed by atoms with van der Waals surface area (Å²) in [6.45, 7) is 7.64. The van der Waals surface area contributed by atoms with Crippen LogP contribution in [0.25, 0.3) is 0 Å². The fourth-order valence-corrected chi connectivity index (χ4v) is 3.05. The third-order valence-corrected chi connectivity index (χ3v) is 4.27. The van der Waals surface area contributed by atoms with Gasteiger partial charge < -0.3 is 9.84 Å². The molecule has 3 heterocycles. The fraction of sp³-hybridized carbons (Fsp3) is 0.857. The van der Waals surface area contributed by atoms with Crippen LogP contribution in [0.5, 0.6) is 0 Å². The van der Waals surface area contributed by atoms with E-state index in [0.29, 0.717) is 12.6 Å². The minimum absolute atomic E-state index is 0.0558. The largest absolute Gasteiger partial charge is 0.393 e. The van der Waals surface area contributed by atoms with Gasteiger partial charge in [-0.15, -0.1) is 5.10 Å². The highest BCUT2D eigenvalue weighted by molar-refractivity contribution is 4.96. The highest BCUT2D eigenvalue weighted by atomic mass is 16.5. The summed E-state index contributed by atoms with van der Waals surface area (Å²) in [5.74, 6) is 0. The summed E-state index contributed by atoms with van der Waals surface area (Å²) in [6.07, 6.45) is 4.61. The lowest BCUT2D eigenvalue weighted by atomic mass is 10.0. The van der Waals surface area contributed by atoms with Crippen LogP contribution in [0.3, 0.4) is 0 Å². The van der Waals surface area contributed by atoms with Crippen molar-refractivity contribution in [2.75, 3.05) is 19.7 Å². The Hall–Kier alpha value is -0.980. The molecule has 2 fully saturated rings. The van der Waals surface area contributed by atoms with Crippen LogP contribution in [0.15, 0.2) is 6.20 Å². The van der Waals surface area contributed by atoms with Crippen LogP contribution in [0.2, 0.25) is 0 Å². The molecule has 0 aromatic carbocycles. The number of likely N-dealkylation sites (tertiary alicyclic amines) is 1. The van der Waals surface area contributed by atoms with Crippen molar-refractivity contribution in [3.8, 4) is 0 Å². The van der Waals surface area contributed by atoms with Crippen LogP contribution in [0.4, 0.5) is 0 Å². The first kappa shape index (κ1) is 14.0. The molecule has 112 valence electrons. The van der Waals surface area contributed by atoms with Crippen molar-refractivity contribution in [3.05, 3.63) is 11.9 Å². The Morgan fingerprint density at radius 2 is 2.15 bits per heavy atom. The molecular formula is C14H24N4O2. The van der Waals surface area contributed by atoms with Crippen LogP contribution in [0, 0.1) is 0 Å². The van der Waals surface area contributed by atoms with Gasteiger partial charge in [0.25, 0.3) is 0 Å². The van der Waals surface area contributed by atoms with Crippen molar-refractivity contribution in [3.63, 3.8) is 0 Å². The maximum absolute atomic E-state index is 9.52. The highest BCUT2D eigenvalue weighted by Crippen LogP contribution is 2.31. The van der Waals surface area contributed by atoms with Gasteiger partial charge in [0.2, 0.25) is 0 Å². The molecule has 1 aromatic rings. The van der Waals surface area contributed by atoms with E-state index in [0.717, 1.165) is 44.6 Å². The molecule has 2 aliphatic heterocycles. The molecule has 6 nitrogen and oxygen atoms in total. The summed E-state index contributed by atoms with van der Waals surface area (Å²) in [6, 6.07) is 0.300. The zero-order valence-electron chi connectivity index (χ0n) is 12.3. The molecule has 0 radical (unpaired) electrons. The summed E-state index contributed by atoms with van der Waals surface area (Å²) in [5, 5.41) is 18.0. The Bertz CT molecular complexity index is 452. The first-order valence-electron chi connectivity index (χ1n) is 7.47. The maximum Gasteiger partial charge on any atom is 0.0967 e. The van der Waals surface area contributed by atoms with Crippen LogP contribution in [-0.4, -0.2) is 56.4 Å². The average molecular weight is 280 g/mol. The molecule has 20 heavy (non-hydrogen) atoms. The van der Waals surface area contributed by atoms with Crippen molar-refractivity contribution in [1.82, 2.24) is 19.9 Å². The molecule has 0 saturated carbocycles. The molecule has 0 aliphatic carbocycles. The highest BCUT2D eigenvalue weighted by Gasteiger charge is 2.33. The van der Waals surface area contributed by atoms with Gasteiger partial charge in [-0.25, -0.2) is 4.68 Å². The van der Waals surface area contributed by atoms with Gasteiger partial charge in [0.1, 0.15) is 0 Å². The van der Waals surface area contributed by atoms with Crippen LogP contribution in [0.1, 0.15) is 44.8 Å². The molecule has 0 bridgehead atoms. The number of piperidine rings is 1. The van der Waals surface area contributed by atoms with Crippen molar-refractivity contribution in [2.45, 2.75) is 57.4 Å². The van der Waals surface area contributed by atoms with Crippen LogP contribution >= 0.6 is 0 Å². The molecule has 2 saturated heterocycles. The number of rotatable bonds is 3. The Morgan fingerprint density at radius 1 is 1.40 bits per heavy atom. The molecule has 2 aliphatic rings. The smallest absolute Gasteiger partial charge is 0.0967 e. The number of aromatic nitrogens is 3. The van der Waals surface area contributed by atoms with Crippen molar-refractivity contribution < 1.29 is 9.84 Å².